The van der Waals surface area contributed by atoms with Crippen molar-refractivity contribution in [2.75, 3.05) is 12.4 Å². The number of aryl methyl sites for hydroxylation is 1. The standard InChI is InChI=1S/C17H19NO3/c1-11-9-14(17(19)20)7-8-16(11)18-12(2)13-5-4-6-15(10-13)21-3/h4-10,12,18H,1-3H3,(H,19,20). The Labute approximate surface area is 124 Å². The van der Waals surface area contributed by atoms with Crippen molar-refractivity contribution in [3.05, 3.63) is 59.2 Å². The van der Waals surface area contributed by atoms with Crippen LogP contribution < -0.4 is 10.1 Å². The van der Waals surface area contributed by atoms with Crippen LogP contribution in [-0.2, 0) is 0 Å². The number of carboxylic acid groups (broad SMARTS) is 1. The first-order chi connectivity index (χ1) is 10.0. The third kappa shape index (κ3) is 3.54. The number of carbonyl (C=O) groups is 1. The number of hydrogen-bond donors (Lipinski definition) is 2. The Hall–Kier alpha value is -2.49. The second kappa shape index (κ2) is 6.31. The summed E-state index contributed by atoms with van der Waals surface area (Å²) in [5, 5.41) is 12.4. The molecule has 4 heteroatoms. The molecule has 0 aliphatic rings. The van der Waals surface area contributed by atoms with Crippen LogP contribution in [0.2, 0.25) is 0 Å². The maximum absolute atomic E-state index is 10.9. The van der Waals surface area contributed by atoms with Crippen LogP contribution in [0.25, 0.3) is 0 Å². The van der Waals surface area contributed by atoms with Crippen LogP contribution in [0.15, 0.2) is 42.5 Å². The molecule has 0 saturated heterocycles. The Kier molecular flexibility index (Phi) is 4.48. The van der Waals surface area contributed by atoms with Gasteiger partial charge in [-0.2, -0.15) is 0 Å². The smallest absolute Gasteiger partial charge is 0.335 e. The molecule has 0 amide bonds. The minimum atomic E-state index is -0.912. The van der Waals surface area contributed by atoms with Gasteiger partial charge in [-0.3, -0.25) is 0 Å². The third-order valence-corrected chi connectivity index (χ3v) is 3.44. The molecular formula is C17H19NO3. The van der Waals surface area contributed by atoms with Gasteiger partial charge in [0.25, 0.3) is 0 Å². The first kappa shape index (κ1) is 14.9. The monoisotopic (exact) mass is 285 g/mol. The Morgan fingerprint density at radius 1 is 1.24 bits per heavy atom. The van der Waals surface area contributed by atoms with E-state index in [1.165, 1.54) is 0 Å². The molecule has 2 N–H and O–H groups in total. The van der Waals surface area contributed by atoms with E-state index in [4.69, 9.17) is 9.84 Å². The van der Waals surface area contributed by atoms with E-state index in [0.717, 1.165) is 22.6 Å². The number of hydrogen-bond acceptors (Lipinski definition) is 3. The predicted molar refractivity (Wildman–Crippen MR) is 83.2 cm³/mol. The van der Waals surface area contributed by atoms with Crippen molar-refractivity contribution in [3.63, 3.8) is 0 Å². The number of nitrogens with one attached hydrogen (secondary N) is 1. The summed E-state index contributed by atoms with van der Waals surface area (Å²) in [6, 6.07) is 13.0. The summed E-state index contributed by atoms with van der Waals surface area (Å²) in [6.07, 6.45) is 0. The van der Waals surface area contributed by atoms with Gasteiger partial charge in [0.1, 0.15) is 5.75 Å². The minimum absolute atomic E-state index is 0.0921. The molecule has 21 heavy (non-hydrogen) atoms. The van der Waals surface area contributed by atoms with Crippen LogP contribution >= 0.6 is 0 Å². The summed E-state index contributed by atoms with van der Waals surface area (Å²) >= 11 is 0. The van der Waals surface area contributed by atoms with E-state index in [2.05, 4.69) is 12.2 Å². The number of carboxylic acids is 1. The maximum Gasteiger partial charge on any atom is 0.335 e. The predicted octanol–water partition coefficient (Wildman–Crippen LogP) is 3.87. The third-order valence-electron chi connectivity index (χ3n) is 3.44. The zero-order valence-electron chi connectivity index (χ0n) is 12.4. The number of methoxy groups -OCH3 is 1. The Bertz CT molecular complexity index is 652. The summed E-state index contributed by atoms with van der Waals surface area (Å²) in [6.45, 7) is 3.95. The lowest BCUT2D eigenvalue weighted by Gasteiger charge is -2.18. The summed E-state index contributed by atoms with van der Waals surface area (Å²) < 4.78 is 5.23. The minimum Gasteiger partial charge on any atom is -0.497 e. The number of rotatable bonds is 5. The molecule has 0 aliphatic carbocycles. The molecule has 0 spiro atoms. The Balaban J connectivity index is 2.19. The fourth-order valence-electron chi connectivity index (χ4n) is 2.19. The maximum atomic E-state index is 10.9. The average Bonchev–Trinajstić information content (AvgIpc) is 2.49. The molecular weight excluding hydrogens is 266 g/mol. The highest BCUT2D eigenvalue weighted by atomic mass is 16.5. The molecule has 0 aliphatic heterocycles. The van der Waals surface area contributed by atoms with E-state index in [-0.39, 0.29) is 6.04 Å². The average molecular weight is 285 g/mol. The van der Waals surface area contributed by atoms with Crippen LogP contribution in [0.5, 0.6) is 5.75 Å². The molecule has 1 unspecified atom stereocenters. The first-order valence-corrected chi connectivity index (χ1v) is 6.75. The van der Waals surface area contributed by atoms with Crippen LogP contribution in [-0.4, -0.2) is 18.2 Å². The molecule has 0 heterocycles. The lowest BCUT2D eigenvalue weighted by Crippen LogP contribution is -2.08. The van der Waals surface area contributed by atoms with Gasteiger partial charge in [-0.1, -0.05) is 12.1 Å². The molecule has 2 rings (SSSR count). The summed E-state index contributed by atoms with van der Waals surface area (Å²) in [5.41, 5.74) is 3.24. The lowest BCUT2D eigenvalue weighted by molar-refractivity contribution is 0.0697. The van der Waals surface area contributed by atoms with Crippen molar-refractivity contribution >= 4 is 11.7 Å². The lowest BCUT2D eigenvalue weighted by atomic mass is 10.1. The normalized spacial score (nSPS) is 11.8. The molecule has 0 aromatic heterocycles. The fourth-order valence-corrected chi connectivity index (χ4v) is 2.19. The van der Waals surface area contributed by atoms with Gasteiger partial charge in [-0.25, -0.2) is 4.79 Å². The van der Waals surface area contributed by atoms with E-state index < -0.39 is 5.97 Å². The van der Waals surface area contributed by atoms with Gasteiger partial charge < -0.3 is 15.2 Å². The first-order valence-electron chi connectivity index (χ1n) is 6.75. The topological polar surface area (TPSA) is 58.6 Å². The van der Waals surface area contributed by atoms with Crippen molar-refractivity contribution in [1.82, 2.24) is 0 Å². The molecule has 0 radical (unpaired) electrons. The molecule has 110 valence electrons. The van der Waals surface area contributed by atoms with Gasteiger partial charge in [0, 0.05) is 11.7 Å². The SMILES string of the molecule is COc1cccc(C(C)Nc2ccc(C(=O)O)cc2C)c1. The quantitative estimate of drug-likeness (QED) is 0.875. The largest absolute Gasteiger partial charge is 0.497 e. The van der Waals surface area contributed by atoms with Gasteiger partial charge in [0.2, 0.25) is 0 Å². The highest BCUT2D eigenvalue weighted by Crippen LogP contribution is 2.25. The molecule has 0 bridgehead atoms. The summed E-state index contributed by atoms with van der Waals surface area (Å²) in [4.78, 5) is 10.9. The van der Waals surface area contributed by atoms with Crippen molar-refractivity contribution in [2.24, 2.45) is 0 Å². The molecule has 0 fully saturated rings. The highest BCUT2D eigenvalue weighted by Gasteiger charge is 2.10. The van der Waals surface area contributed by atoms with Crippen LogP contribution in [0, 0.1) is 6.92 Å². The van der Waals surface area contributed by atoms with Gasteiger partial charge >= 0.3 is 5.97 Å². The zero-order chi connectivity index (χ0) is 15.4. The van der Waals surface area contributed by atoms with E-state index in [0.29, 0.717) is 5.56 Å². The van der Waals surface area contributed by atoms with Crippen LogP contribution in [0.3, 0.4) is 0 Å². The van der Waals surface area contributed by atoms with Gasteiger partial charge in [-0.05, 0) is 55.3 Å². The summed E-state index contributed by atoms with van der Waals surface area (Å²) in [7, 11) is 1.64. The van der Waals surface area contributed by atoms with E-state index in [1.54, 1.807) is 25.3 Å². The Morgan fingerprint density at radius 3 is 2.62 bits per heavy atom. The summed E-state index contributed by atoms with van der Waals surface area (Å²) in [5.74, 6) is -0.0930. The second-order valence-corrected chi connectivity index (χ2v) is 4.98. The number of aromatic carboxylic acids is 1. The molecule has 4 nitrogen and oxygen atoms in total. The fraction of sp³-hybridized carbons (Fsp3) is 0.235. The van der Waals surface area contributed by atoms with Gasteiger partial charge in [0.05, 0.1) is 12.7 Å². The number of ether oxygens (including phenoxy) is 1. The van der Waals surface area contributed by atoms with E-state index in [1.807, 2.05) is 31.2 Å². The number of anilines is 1. The zero-order valence-corrected chi connectivity index (χ0v) is 12.4. The van der Waals surface area contributed by atoms with Gasteiger partial charge in [-0.15, -0.1) is 0 Å². The molecule has 1 atom stereocenters. The van der Waals surface area contributed by atoms with Crippen molar-refractivity contribution in [3.8, 4) is 5.75 Å². The van der Waals surface area contributed by atoms with Crippen molar-refractivity contribution < 1.29 is 14.6 Å². The molecule has 2 aromatic carbocycles. The van der Waals surface area contributed by atoms with Crippen molar-refractivity contribution in [2.45, 2.75) is 19.9 Å². The van der Waals surface area contributed by atoms with E-state index >= 15 is 0 Å². The highest BCUT2D eigenvalue weighted by molar-refractivity contribution is 5.88. The van der Waals surface area contributed by atoms with E-state index in [9.17, 15) is 4.79 Å². The molecule has 0 saturated carbocycles. The number of benzene rings is 2. The van der Waals surface area contributed by atoms with Crippen LogP contribution in [0.4, 0.5) is 5.69 Å². The van der Waals surface area contributed by atoms with Crippen LogP contribution in [0.1, 0.15) is 34.5 Å². The van der Waals surface area contributed by atoms with Gasteiger partial charge in [0.15, 0.2) is 0 Å². The molecule has 2 aromatic rings. The Morgan fingerprint density at radius 2 is 2.00 bits per heavy atom. The van der Waals surface area contributed by atoms with Crippen molar-refractivity contribution in [1.29, 1.82) is 0 Å². The second-order valence-electron chi connectivity index (χ2n) is 4.98.